The van der Waals surface area contributed by atoms with Gasteiger partial charge in [0.05, 0.1) is 12.6 Å². The number of carboxylic acids is 2. The van der Waals surface area contributed by atoms with Crippen LogP contribution in [0.3, 0.4) is 0 Å². The number of nitrogens with one attached hydrogen (secondary N) is 4. The van der Waals surface area contributed by atoms with Crippen molar-refractivity contribution in [2.45, 2.75) is 71.4 Å². The van der Waals surface area contributed by atoms with Crippen molar-refractivity contribution in [2.24, 2.45) is 0 Å². The predicted molar refractivity (Wildman–Crippen MR) is 186 cm³/mol. The standard InChI is InChI=1S/C33H46N8O9/c1-4-50-27(45)8-6-5-7-15-40(21(3)42)18-20(2)19-41-24(17-36-29-28(41)31(47)39-33(34)38-29)16-35-23-11-9-22(10-12-23)30(46)37-25(32(48)49)13-14-26(43)44/h9-12,18,24-25,35H,4-8,13-17,19H2,1-3H3,(H,37,46)(H,43,44)(H,48,49)(H4,34,36,38,39,47)/b20-18-. The molecule has 1 aromatic heterocycles. The number of rotatable bonds is 19. The fourth-order valence-electron chi connectivity index (χ4n) is 5.36. The topological polar surface area (TPSA) is 249 Å². The zero-order valence-corrected chi connectivity index (χ0v) is 28.5. The van der Waals surface area contributed by atoms with Crippen molar-refractivity contribution in [2.75, 3.05) is 54.1 Å². The lowest BCUT2D eigenvalue weighted by molar-refractivity contribution is -0.143. The van der Waals surface area contributed by atoms with Gasteiger partial charge in [-0.3, -0.25) is 29.0 Å². The van der Waals surface area contributed by atoms with Gasteiger partial charge in [-0.15, -0.1) is 0 Å². The van der Waals surface area contributed by atoms with E-state index in [1.807, 2.05) is 11.8 Å². The summed E-state index contributed by atoms with van der Waals surface area (Å²) in [6, 6.07) is 4.69. The van der Waals surface area contributed by atoms with E-state index in [2.05, 4.69) is 25.9 Å². The van der Waals surface area contributed by atoms with Crippen molar-refractivity contribution in [1.29, 1.82) is 0 Å². The van der Waals surface area contributed by atoms with Gasteiger partial charge in [-0.05, 0) is 62.9 Å². The number of esters is 1. The molecule has 2 heterocycles. The van der Waals surface area contributed by atoms with Gasteiger partial charge in [0, 0.05) is 63.4 Å². The van der Waals surface area contributed by atoms with Crippen LogP contribution in [-0.4, -0.2) is 99.7 Å². The highest BCUT2D eigenvalue weighted by Crippen LogP contribution is 2.28. The highest BCUT2D eigenvalue weighted by atomic mass is 16.5. The Kier molecular flexibility index (Phi) is 14.6. The molecule has 50 heavy (non-hydrogen) atoms. The minimum atomic E-state index is -1.35. The lowest BCUT2D eigenvalue weighted by Crippen LogP contribution is -2.51. The van der Waals surface area contributed by atoms with Gasteiger partial charge < -0.3 is 46.4 Å². The Hall–Kier alpha value is -5.61. The monoisotopic (exact) mass is 698 g/mol. The number of nitrogens with two attached hydrogens (primary N) is 1. The highest BCUT2D eigenvalue weighted by molar-refractivity contribution is 5.97. The molecule has 0 aliphatic carbocycles. The summed E-state index contributed by atoms with van der Waals surface area (Å²) in [6.07, 6.45) is 3.54. The SMILES string of the molecule is CCOC(=O)CCCCCN(/C=C(/C)CN1c2c(nc(N)[nH]c2=O)NCC1CNc1ccc(C(=O)NC(CCC(=O)O)C(=O)O)cc1)C(C)=O. The fraction of sp³-hybridized carbons (Fsp3) is 0.485. The molecule has 17 nitrogen and oxygen atoms in total. The number of H-pyrrole nitrogens is 1. The van der Waals surface area contributed by atoms with Crippen LogP contribution >= 0.6 is 0 Å². The molecule has 3 rings (SSSR count). The molecule has 2 atom stereocenters. The molecule has 272 valence electrons. The van der Waals surface area contributed by atoms with Crippen LogP contribution in [0.1, 0.15) is 69.7 Å². The van der Waals surface area contributed by atoms with Gasteiger partial charge in [0.1, 0.15) is 11.7 Å². The van der Waals surface area contributed by atoms with Crippen LogP contribution < -0.4 is 32.1 Å². The average Bonchev–Trinajstić information content (AvgIpc) is 3.05. The first-order chi connectivity index (χ1) is 23.8. The van der Waals surface area contributed by atoms with Gasteiger partial charge in [0.15, 0.2) is 5.82 Å². The Morgan fingerprint density at radius 1 is 1.12 bits per heavy atom. The number of nitrogen functional groups attached to an aromatic ring is 1. The molecule has 1 aromatic carbocycles. The average molecular weight is 699 g/mol. The van der Waals surface area contributed by atoms with Crippen LogP contribution in [0.4, 0.5) is 23.1 Å². The van der Waals surface area contributed by atoms with Crippen molar-refractivity contribution in [3.05, 3.63) is 52.0 Å². The summed E-state index contributed by atoms with van der Waals surface area (Å²) in [4.78, 5) is 82.4. The quantitative estimate of drug-likeness (QED) is 0.0819. The maximum atomic E-state index is 13.1. The molecular weight excluding hydrogens is 652 g/mol. The van der Waals surface area contributed by atoms with Crippen molar-refractivity contribution >= 4 is 52.9 Å². The van der Waals surface area contributed by atoms with Gasteiger partial charge in [-0.2, -0.15) is 4.98 Å². The number of fused-ring (bicyclic) bond motifs is 1. The minimum Gasteiger partial charge on any atom is -0.481 e. The summed E-state index contributed by atoms with van der Waals surface area (Å²) in [7, 11) is 0. The number of unbranched alkanes of at least 4 members (excludes halogenated alkanes) is 2. The smallest absolute Gasteiger partial charge is 0.326 e. The summed E-state index contributed by atoms with van der Waals surface area (Å²) < 4.78 is 4.96. The summed E-state index contributed by atoms with van der Waals surface area (Å²) in [5.41, 5.74) is 7.31. The van der Waals surface area contributed by atoms with Gasteiger partial charge >= 0.3 is 17.9 Å². The Labute approximate surface area is 289 Å². The first-order valence-corrected chi connectivity index (χ1v) is 16.4. The van der Waals surface area contributed by atoms with Crippen LogP contribution in [0.2, 0.25) is 0 Å². The Balaban J connectivity index is 1.70. The lowest BCUT2D eigenvalue weighted by atomic mass is 10.1. The van der Waals surface area contributed by atoms with Crippen molar-refractivity contribution in [3.63, 3.8) is 0 Å². The first kappa shape index (κ1) is 38.8. The normalized spacial score (nSPS) is 14.5. The number of carbonyl (C=O) groups is 5. The van der Waals surface area contributed by atoms with Gasteiger partial charge in [-0.1, -0.05) is 6.42 Å². The highest BCUT2D eigenvalue weighted by Gasteiger charge is 2.30. The molecule has 0 fully saturated rings. The Bertz CT molecular complexity index is 1610. The zero-order chi connectivity index (χ0) is 36.8. The molecule has 0 bridgehead atoms. The maximum Gasteiger partial charge on any atom is 0.326 e. The van der Waals surface area contributed by atoms with Crippen molar-refractivity contribution in [1.82, 2.24) is 20.2 Å². The molecule has 8 N–H and O–H groups in total. The second-order valence-electron chi connectivity index (χ2n) is 11.9. The number of nitrogens with zero attached hydrogens (tertiary/aromatic N) is 3. The van der Waals surface area contributed by atoms with Crippen LogP contribution in [-0.2, 0) is 23.9 Å². The summed E-state index contributed by atoms with van der Waals surface area (Å²) in [6.45, 7) is 6.94. The van der Waals surface area contributed by atoms with E-state index in [-0.39, 0.29) is 42.4 Å². The molecule has 1 aliphatic rings. The largest absolute Gasteiger partial charge is 0.481 e. The predicted octanol–water partition coefficient (Wildman–Crippen LogP) is 1.99. The van der Waals surface area contributed by atoms with Gasteiger partial charge in [0.25, 0.3) is 11.5 Å². The van der Waals surface area contributed by atoms with Gasteiger partial charge in [0.2, 0.25) is 11.9 Å². The molecule has 17 heteroatoms. The van der Waals surface area contributed by atoms with Crippen LogP contribution in [0.25, 0.3) is 0 Å². The third-order valence-corrected chi connectivity index (χ3v) is 7.87. The molecule has 1 aliphatic heterocycles. The number of aromatic nitrogens is 2. The second kappa shape index (κ2) is 18.8. The van der Waals surface area contributed by atoms with Crippen molar-refractivity contribution in [3.8, 4) is 0 Å². The zero-order valence-electron chi connectivity index (χ0n) is 28.5. The molecule has 0 spiro atoms. The molecule has 2 aromatic rings. The molecule has 2 unspecified atom stereocenters. The van der Waals surface area contributed by atoms with E-state index in [9.17, 15) is 33.9 Å². The van der Waals surface area contributed by atoms with E-state index in [0.717, 1.165) is 12.0 Å². The number of carbonyl (C=O) groups excluding carboxylic acids is 3. The number of ether oxygens (including phenoxy) is 1. The summed E-state index contributed by atoms with van der Waals surface area (Å²) in [5.74, 6) is -3.23. The number of hydrogen-bond acceptors (Lipinski definition) is 12. The molecule has 0 radical (unpaired) electrons. The molecule has 2 amide bonds. The maximum absolute atomic E-state index is 13.1. The first-order valence-electron chi connectivity index (χ1n) is 16.4. The summed E-state index contributed by atoms with van der Waals surface area (Å²) in [5, 5.41) is 27.0. The van der Waals surface area contributed by atoms with Crippen LogP contribution in [0.15, 0.2) is 40.8 Å². The molecule has 0 saturated carbocycles. The summed E-state index contributed by atoms with van der Waals surface area (Å²) >= 11 is 0. The number of hydrogen-bond donors (Lipinski definition) is 7. The number of amides is 2. The number of aromatic amines is 1. The Morgan fingerprint density at radius 2 is 1.84 bits per heavy atom. The van der Waals surface area contributed by atoms with E-state index in [1.165, 1.54) is 19.1 Å². The van der Waals surface area contributed by atoms with E-state index >= 15 is 0 Å². The molecular formula is C33H46N8O9. The van der Waals surface area contributed by atoms with E-state index in [0.29, 0.717) is 62.7 Å². The third kappa shape index (κ3) is 11.8. The van der Waals surface area contributed by atoms with E-state index in [4.69, 9.17) is 15.6 Å². The van der Waals surface area contributed by atoms with E-state index < -0.39 is 35.9 Å². The van der Waals surface area contributed by atoms with Crippen LogP contribution in [0.5, 0.6) is 0 Å². The van der Waals surface area contributed by atoms with Crippen LogP contribution in [0, 0.1) is 0 Å². The Morgan fingerprint density at radius 3 is 2.48 bits per heavy atom. The second-order valence-corrected chi connectivity index (χ2v) is 11.9. The molecule has 0 saturated heterocycles. The third-order valence-electron chi connectivity index (χ3n) is 7.87. The van der Waals surface area contributed by atoms with Crippen molar-refractivity contribution < 1.29 is 38.9 Å². The number of anilines is 4. The number of aliphatic carboxylic acids is 2. The number of benzene rings is 1. The number of carboxylic acid groups (broad SMARTS) is 2. The fourth-order valence-corrected chi connectivity index (χ4v) is 5.36. The van der Waals surface area contributed by atoms with Gasteiger partial charge in [-0.25, -0.2) is 4.79 Å². The van der Waals surface area contributed by atoms with E-state index in [1.54, 1.807) is 30.2 Å². The lowest BCUT2D eigenvalue weighted by Gasteiger charge is -2.38. The minimum absolute atomic E-state index is 0.0311.